The summed E-state index contributed by atoms with van der Waals surface area (Å²) < 4.78 is 16.1. The van der Waals surface area contributed by atoms with E-state index in [2.05, 4.69) is 53.2 Å². The lowest BCUT2D eigenvalue weighted by molar-refractivity contribution is 0.0950. The summed E-state index contributed by atoms with van der Waals surface area (Å²) in [5.74, 6) is -0.0908. The summed E-state index contributed by atoms with van der Waals surface area (Å²) in [5, 5.41) is 3.79. The molecule has 3 aromatic carbocycles. The molecule has 1 aromatic heterocycles. The van der Waals surface area contributed by atoms with Gasteiger partial charge in [-0.25, -0.2) is 9.37 Å². The first-order valence-corrected chi connectivity index (χ1v) is 12.5. The van der Waals surface area contributed by atoms with Crippen molar-refractivity contribution in [1.29, 1.82) is 0 Å². The number of halogens is 1. The molecule has 174 valence electrons. The predicted octanol–water partition coefficient (Wildman–Crippen LogP) is 6.68. The summed E-state index contributed by atoms with van der Waals surface area (Å²) in [6.07, 6.45) is 1.75. The number of benzene rings is 3. The monoisotopic (exact) mass is 473 g/mol. The number of nitrogens with zero attached hydrogens (tertiary/aromatic N) is 2. The van der Waals surface area contributed by atoms with E-state index in [0.717, 1.165) is 52.8 Å². The minimum absolute atomic E-state index is 0.0775. The van der Waals surface area contributed by atoms with Crippen molar-refractivity contribution in [3.63, 3.8) is 0 Å². The maximum absolute atomic E-state index is 13.8. The number of hydrogen-bond donors (Lipinski definition) is 1. The van der Waals surface area contributed by atoms with E-state index in [1.54, 1.807) is 23.9 Å². The van der Waals surface area contributed by atoms with Crippen LogP contribution in [0.25, 0.3) is 22.5 Å². The molecule has 0 spiro atoms. The molecule has 1 heterocycles. The molecule has 0 fully saturated rings. The normalized spacial score (nSPS) is 10.9. The zero-order chi connectivity index (χ0) is 23.8. The van der Waals surface area contributed by atoms with Gasteiger partial charge >= 0.3 is 0 Å². The van der Waals surface area contributed by atoms with Crippen LogP contribution in [-0.4, -0.2) is 27.8 Å². The number of imidazole rings is 1. The fourth-order valence-electron chi connectivity index (χ4n) is 3.84. The van der Waals surface area contributed by atoms with E-state index >= 15 is 0 Å². The molecule has 1 amide bonds. The molecule has 1 N–H and O–H groups in total. The molecule has 0 atom stereocenters. The van der Waals surface area contributed by atoms with Crippen molar-refractivity contribution in [3.8, 4) is 22.5 Å². The standard InChI is InChI=1S/C28H28FN3OS/c1-2-19-32-26(22-14-7-4-8-15-22)25(21-12-5-3-6-13-21)31-28(32)34-20-11-18-30-27(33)23-16-9-10-17-24(23)29/h3-10,12-17H,2,11,18-20H2,1H3,(H,30,33). The number of carbonyl (C=O) groups is 1. The zero-order valence-corrected chi connectivity index (χ0v) is 20.0. The second-order valence-corrected chi connectivity index (χ2v) is 8.98. The topological polar surface area (TPSA) is 46.9 Å². The average molecular weight is 474 g/mol. The average Bonchev–Trinajstić information content (AvgIpc) is 3.23. The quantitative estimate of drug-likeness (QED) is 0.206. The minimum atomic E-state index is -0.502. The van der Waals surface area contributed by atoms with E-state index in [0.29, 0.717) is 6.54 Å². The predicted molar refractivity (Wildman–Crippen MR) is 137 cm³/mol. The largest absolute Gasteiger partial charge is 0.352 e. The highest BCUT2D eigenvalue weighted by atomic mass is 32.2. The van der Waals surface area contributed by atoms with Crippen molar-refractivity contribution in [1.82, 2.24) is 14.9 Å². The lowest BCUT2D eigenvalue weighted by Crippen LogP contribution is -2.25. The Morgan fingerprint density at radius 1 is 0.941 bits per heavy atom. The number of nitrogens with one attached hydrogen (secondary N) is 1. The highest BCUT2D eigenvalue weighted by Gasteiger charge is 2.20. The first-order valence-electron chi connectivity index (χ1n) is 11.6. The van der Waals surface area contributed by atoms with Crippen LogP contribution >= 0.6 is 11.8 Å². The fourth-order valence-corrected chi connectivity index (χ4v) is 4.80. The van der Waals surface area contributed by atoms with Crippen LogP contribution < -0.4 is 5.32 Å². The minimum Gasteiger partial charge on any atom is -0.352 e. The lowest BCUT2D eigenvalue weighted by atomic mass is 10.0. The van der Waals surface area contributed by atoms with Gasteiger partial charge in [0.05, 0.1) is 17.0 Å². The highest BCUT2D eigenvalue weighted by Crippen LogP contribution is 2.36. The molecule has 0 aliphatic rings. The molecule has 0 aliphatic carbocycles. The van der Waals surface area contributed by atoms with Gasteiger partial charge < -0.3 is 9.88 Å². The van der Waals surface area contributed by atoms with Crippen LogP contribution in [0, 0.1) is 5.82 Å². The van der Waals surface area contributed by atoms with Gasteiger partial charge in [-0.1, -0.05) is 91.5 Å². The summed E-state index contributed by atoms with van der Waals surface area (Å²) in [4.78, 5) is 17.3. The van der Waals surface area contributed by atoms with Crippen molar-refractivity contribution in [2.45, 2.75) is 31.5 Å². The van der Waals surface area contributed by atoms with Gasteiger partial charge in [0.1, 0.15) is 5.82 Å². The summed E-state index contributed by atoms with van der Waals surface area (Å²) in [6, 6.07) is 26.7. The van der Waals surface area contributed by atoms with Crippen molar-refractivity contribution in [3.05, 3.63) is 96.3 Å². The van der Waals surface area contributed by atoms with Crippen molar-refractivity contribution in [2.24, 2.45) is 0 Å². The summed E-state index contributed by atoms with van der Waals surface area (Å²) in [7, 11) is 0. The van der Waals surface area contributed by atoms with Crippen molar-refractivity contribution in [2.75, 3.05) is 12.3 Å². The first-order chi connectivity index (χ1) is 16.7. The van der Waals surface area contributed by atoms with Gasteiger partial charge in [-0.2, -0.15) is 0 Å². The first kappa shape index (κ1) is 23.8. The Labute approximate surface area is 204 Å². The Bertz CT molecular complexity index is 1230. The van der Waals surface area contributed by atoms with E-state index in [1.807, 2.05) is 24.3 Å². The Hall–Kier alpha value is -3.38. The molecule has 0 bridgehead atoms. The van der Waals surface area contributed by atoms with E-state index in [-0.39, 0.29) is 11.5 Å². The number of aromatic nitrogens is 2. The maximum Gasteiger partial charge on any atom is 0.254 e. The van der Waals surface area contributed by atoms with Crippen LogP contribution in [0.5, 0.6) is 0 Å². The van der Waals surface area contributed by atoms with Gasteiger partial charge in [0.25, 0.3) is 5.91 Å². The van der Waals surface area contributed by atoms with Crippen molar-refractivity contribution < 1.29 is 9.18 Å². The Balaban J connectivity index is 1.50. The van der Waals surface area contributed by atoms with Gasteiger partial charge in [0.2, 0.25) is 0 Å². The molecule has 34 heavy (non-hydrogen) atoms. The van der Waals surface area contributed by atoms with Gasteiger partial charge in [0.15, 0.2) is 5.16 Å². The van der Waals surface area contributed by atoms with Crippen LogP contribution in [0.2, 0.25) is 0 Å². The molecule has 4 nitrogen and oxygen atoms in total. The number of thioether (sulfide) groups is 1. The van der Waals surface area contributed by atoms with Gasteiger partial charge in [-0.3, -0.25) is 4.79 Å². The third-order valence-electron chi connectivity index (χ3n) is 5.43. The SMILES string of the molecule is CCCn1c(SCCCNC(=O)c2ccccc2F)nc(-c2ccccc2)c1-c1ccccc1. The molecule has 4 rings (SSSR count). The van der Waals surface area contributed by atoms with Crippen LogP contribution in [0.1, 0.15) is 30.1 Å². The summed E-state index contributed by atoms with van der Waals surface area (Å²) in [6.45, 7) is 3.52. The number of amides is 1. The molecule has 0 saturated carbocycles. The molecule has 0 saturated heterocycles. The zero-order valence-electron chi connectivity index (χ0n) is 19.2. The van der Waals surface area contributed by atoms with E-state index in [1.165, 1.54) is 12.1 Å². The van der Waals surface area contributed by atoms with Crippen LogP contribution in [0.4, 0.5) is 4.39 Å². The van der Waals surface area contributed by atoms with Gasteiger partial charge in [0, 0.05) is 30.0 Å². The highest BCUT2D eigenvalue weighted by molar-refractivity contribution is 7.99. The summed E-state index contributed by atoms with van der Waals surface area (Å²) in [5.41, 5.74) is 4.43. The number of carbonyl (C=O) groups excluding carboxylic acids is 1. The number of rotatable bonds is 10. The van der Waals surface area contributed by atoms with Crippen LogP contribution in [0.3, 0.4) is 0 Å². The van der Waals surface area contributed by atoms with Gasteiger partial charge in [-0.05, 0) is 25.0 Å². The Kier molecular flexibility index (Phi) is 8.15. The Morgan fingerprint density at radius 2 is 1.59 bits per heavy atom. The third-order valence-corrected chi connectivity index (χ3v) is 6.49. The smallest absolute Gasteiger partial charge is 0.254 e. The molecule has 0 aliphatic heterocycles. The maximum atomic E-state index is 13.8. The van der Waals surface area contributed by atoms with E-state index in [9.17, 15) is 9.18 Å². The molecule has 4 aromatic rings. The third kappa shape index (κ3) is 5.57. The van der Waals surface area contributed by atoms with Crippen LogP contribution in [-0.2, 0) is 6.54 Å². The second kappa shape index (κ2) is 11.7. The molecular formula is C28H28FN3OS. The van der Waals surface area contributed by atoms with Crippen LogP contribution in [0.15, 0.2) is 90.1 Å². The number of hydrogen-bond acceptors (Lipinski definition) is 3. The summed E-state index contributed by atoms with van der Waals surface area (Å²) >= 11 is 1.69. The molecule has 6 heteroatoms. The molecular weight excluding hydrogens is 445 g/mol. The molecule has 0 unspecified atom stereocenters. The lowest BCUT2D eigenvalue weighted by Gasteiger charge is -2.12. The van der Waals surface area contributed by atoms with E-state index < -0.39 is 5.82 Å². The van der Waals surface area contributed by atoms with Crippen molar-refractivity contribution >= 4 is 17.7 Å². The fraction of sp³-hybridized carbons (Fsp3) is 0.214. The Morgan fingerprint density at radius 3 is 2.26 bits per heavy atom. The van der Waals surface area contributed by atoms with E-state index in [4.69, 9.17) is 4.98 Å². The molecule has 0 radical (unpaired) electrons. The second-order valence-electron chi connectivity index (χ2n) is 7.91. The van der Waals surface area contributed by atoms with Gasteiger partial charge in [-0.15, -0.1) is 0 Å².